The Bertz CT molecular complexity index is 542. The molecule has 1 aromatic carbocycles. The number of hydrogen-bond donors (Lipinski definition) is 0. The monoisotopic (exact) mass is 266 g/mol. The van der Waals surface area contributed by atoms with E-state index in [9.17, 15) is 0 Å². The van der Waals surface area contributed by atoms with Crippen LogP contribution in [0.4, 0.5) is 5.69 Å². The van der Waals surface area contributed by atoms with Crippen molar-refractivity contribution in [3.8, 4) is 0 Å². The quantitative estimate of drug-likeness (QED) is 0.388. The molecular weight excluding hydrogens is 242 g/mol. The summed E-state index contributed by atoms with van der Waals surface area (Å²) in [6, 6.07) is 8.63. The second-order valence-electron chi connectivity index (χ2n) is 4.79. The second kappa shape index (κ2) is 8.11. The average Bonchev–Trinajstić information content (AvgIpc) is 2.47. The van der Waals surface area contributed by atoms with Gasteiger partial charge in [0.05, 0.1) is 0 Å². The summed E-state index contributed by atoms with van der Waals surface area (Å²) in [4.78, 5) is 0. The summed E-state index contributed by atoms with van der Waals surface area (Å²) < 4.78 is 2.01. The summed E-state index contributed by atoms with van der Waals surface area (Å²) in [7, 11) is 0. The molecule has 0 aromatic heterocycles. The zero-order chi connectivity index (χ0) is 15.0. The number of nitrogens with zero attached hydrogens (tertiary/aromatic N) is 1. The summed E-state index contributed by atoms with van der Waals surface area (Å²) in [6.45, 7) is 14.1. The Balaban J connectivity index is 2.77. The van der Waals surface area contributed by atoms with E-state index < -0.39 is 0 Å². The molecule has 0 heterocycles. The van der Waals surface area contributed by atoms with Gasteiger partial charge < -0.3 is 0 Å². The third-order valence-electron chi connectivity index (χ3n) is 3.18. The Morgan fingerprint density at radius 1 is 1.20 bits per heavy atom. The first-order valence-electron chi connectivity index (χ1n) is 6.88. The molecule has 0 aliphatic carbocycles. The molecule has 0 aliphatic rings. The van der Waals surface area contributed by atoms with Crippen molar-refractivity contribution in [2.75, 3.05) is 0 Å². The smallest absolute Gasteiger partial charge is 0.199 e. The molecule has 0 saturated heterocycles. The second-order valence-corrected chi connectivity index (χ2v) is 4.79. The van der Waals surface area contributed by atoms with Gasteiger partial charge in [-0.2, -0.15) is 4.58 Å². The molecule has 1 rings (SSSR count). The zero-order valence-corrected chi connectivity index (χ0v) is 12.7. The molecule has 20 heavy (non-hydrogen) atoms. The molecule has 0 fully saturated rings. The maximum absolute atomic E-state index is 4.13. The van der Waals surface area contributed by atoms with Gasteiger partial charge in [0.2, 0.25) is 5.69 Å². The minimum Gasteiger partial charge on any atom is -0.199 e. The lowest BCUT2D eigenvalue weighted by atomic mass is 10.1. The van der Waals surface area contributed by atoms with Crippen LogP contribution in [0, 0.1) is 6.92 Å². The fourth-order valence-corrected chi connectivity index (χ4v) is 1.75. The molecular formula is C19H24N+. The first-order valence-corrected chi connectivity index (χ1v) is 6.88. The van der Waals surface area contributed by atoms with Gasteiger partial charge in [0.25, 0.3) is 0 Å². The fourth-order valence-electron chi connectivity index (χ4n) is 1.75. The van der Waals surface area contributed by atoms with Crippen molar-refractivity contribution >= 4 is 12.4 Å². The lowest BCUT2D eigenvalue weighted by Crippen LogP contribution is -2.14. The van der Waals surface area contributed by atoms with Crippen molar-refractivity contribution in [2.24, 2.45) is 0 Å². The van der Waals surface area contributed by atoms with E-state index in [0.717, 1.165) is 11.3 Å². The maximum atomic E-state index is 4.13. The van der Waals surface area contributed by atoms with Crippen LogP contribution in [-0.2, 0) is 0 Å². The lowest BCUT2D eigenvalue weighted by molar-refractivity contribution is -0.457. The van der Waals surface area contributed by atoms with Crippen LogP contribution in [0.1, 0.15) is 19.4 Å². The molecule has 1 heteroatoms. The molecule has 0 bridgehead atoms. The fraction of sp³-hybridized carbons (Fsp3) is 0.211. The predicted octanol–water partition coefficient (Wildman–Crippen LogP) is 4.97. The predicted molar refractivity (Wildman–Crippen MR) is 89.9 cm³/mol. The van der Waals surface area contributed by atoms with Gasteiger partial charge in [-0.05, 0) is 25.5 Å². The normalized spacial score (nSPS) is 13.8. The van der Waals surface area contributed by atoms with E-state index in [-0.39, 0.29) is 6.04 Å². The first kappa shape index (κ1) is 15.9. The summed E-state index contributed by atoms with van der Waals surface area (Å²) in [5, 5.41) is 0. The van der Waals surface area contributed by atoms with Gasteiger partial charge in [0.1, 0.15) is 6.72 Å². The van der Waals surface area contributed by atoms with Crippen molar-refractivity contribution < 1.29 is 4.58 Å². The summed E-state index contributed by atoms with van der Waals surface area (Å²) in [6.07, 6.45) is 12.1. The van der Waals surface area contributed by atoms with Crippen LogP contribution in [0.3, 0.4) is 0 Å². The standard InChI is InChI=1S/C19H24N/c1-6-8-9-18(7-2)13-12-17(4)20(5)19-14-10-16(3)11-15-19/h6-15,17H,1,5H2,2-4H3/q+1. The van der Waals surface area contributed by atoms with Gasteiger partial charge >= 0.3 is 0 Å². The molecule has 0 aliphatic heterocycles. The highest BCUT2D eigenvalue weighted by Crippen LogP contribution is 2.15. The number of allylic oxidation sites excluding steroid dienone is 6. The van der Waals surface area contributed by atoms with Crippen molar-refractivity contribution in [1.82, 2.24) is 0 Å². The van der Waals surface area contributed by atoms with Crippen LogP contribution in [0.25, 0.3) is 0 Å². The van der Waals surface area contributed by atoms with Gasteiger partial charge in [0.15, 0.2) is 6.04 Å². The average molecular weight is 266 g/mol. The van der Waals surface area contributed by atoms with Crippen molar-refractivity contribution in [1.29, 1.82) is 0 Å². The van der Waals surface area contributed by atoms with E-state index in [4.69, 9.17) is 0 Å². The maximum Gasteiger partial charge on any atom is 0.205 e. The van der Waals surface area contributed by atoms with Crippen LogP contribution in [0.15, 0.2) is 72.9 Å². The van der Waals surface area contributed by atoms with Crippen molar-refractivity contribution in [3.63, 3.8) is 0 Å². The van der Waals surface area contributed by atoms with Gasteiger partial charge in [-0.15, -0.1) is 0 Å². The van der Waals surface area contributed by atoms with Gasteiger partial charge in [0, 0.05) is 19.1 Å². The molecule has 1 unspecified atom stereocenters. The van der Waals surface area contributed by atoms with E-state index in [0.29, 0.717) is 0 Å². The summed E-state index contributed by atoms with van der Waals surface area (Å²) in [5.41, 5.74) is 3.54. The number of rotatable bonds is 6. The number of benzene rings is 1. The molecule has 0 spiro atoms. The Kier molecular flexibility index (Phi) is 6.45. The minimum absolute atomic E-state index is 0.227. The molecule has 1 aromatic rings. The summed E-state index contributed by atoms with van der Waals surface area (Å²) >= 11 is 0. The third-order valence-corrected chi connectivity index (χ3v) is 3.18. The van der Waals surface area contributed by atoms with E-state index in [1.54, 1.807) is 6.08 Å². The largest absolute Gasteiger partial charge is 0.205 e. The van der Waals surface area contributed by atoms with Gasteiger partial charge in [-0.25, -0.2) is 0 Å². The molecule has 1 atom stereocenters. The lowest BCUT2D eigenvalue weighted by Gasteiger charge is -2.06. The topological polar surface area (TPSA) is 3.01 Å². The first-order chi connectivity index (χ1) is 9.58. The summed E-state index contributed by atoms with van der Waals surface area (Å²) in [5.74, 6) is 0. The molecule has 104 valence electrons. The van der Waals surface area contributed by atoms with Crippen molar-refractivity contribution in [3.05, 3.63) is 78.4 Å². The van der Waals surface area contributed by atoms with E-state index in [1.807, 2.05) is 23.7 Å². The van der Waals surface area contributed by atoms with Crippen LogP contribution < -0.4 is 0 Å². The van der Waals surface area contributed by atoms with Gasteiger partial charge in [-0.3, -0.25) is 0 Å². The van der Waals surface area contributed by atoms with E-state index in [2.05, 4.69) is 69.6 Å². The van der Waals surface area contributed by atoms with Gasteiger partial charge in [-0.1, -0.05) is 54.7 Å². The van der Waals surface area contributed by atoms with E-state index in [1.165, 1.54) is 5.56 Å². The van der Waals surface area contributed by atoms with E-state index >= 15 is 0 Å². The zero-order valence-electron chi connectivity index (χ0n) is 12.7. The van der Waals surface area contributed by atoms with Crippen LogP contribution in [-0.4, -0.2) is 17.3 Å². The highest BCUT2D eigenvalue weighted by molar-refractivity contribution is 5.37. The Hall–Kier alpha value is -2.15. The Labute approximate surface area is 123 Å². The third kappa shape index (κ3) is 4.85. The SMILES string of the molecule is C=CC=CC(C=CC(C)[N+](=C)c1ccc(C)cc1)=CC. The number of aryl methyl sites for hydroxylation is 1. The Morgan fingerprint density at radius 3 is 2.40 bits per heavy atom. The highest BCUT2D eigenvalue weighted by Gasteiger charge is 2.12. The number of hydrogen-bond acceptors (Lipinski definition) is 0. The molecule has 0 saturated carbocycles. The highest BCUT2D eigenvalue weighted by atomic mass is 15.0. The minimum atomic E-state index is 0.227. The van der Waals surface area contributed by atoms with Crippen LogP contribution >= 0.6 is 0 Å². The molecule has 0 amide bonds. The molecule has 0 radical (unpaired) electrons. The molecule has 0 N–H and O–H groups in total. The van der Waals surface area contributed by atoms with Crippen molar-refractivity contribution in [2.45, 2.75) is 26.8 Å². The Morgan fingerprint density at radius 2 is 1.85 bits per heavy atom. The van der Waals surface area contributed by atoms with Crippen LogP contribution in [0.5, 0.6) is 0 Å². The van der Waals surface area contributed by atoms with Crippen LogP contribution in [0.2, 0.25) is 0 Å². The molecule has 1 nitrogen and oxygen atoms in total.